The van der Waals surface area contributed by atoms with E-state index in [0.29, 0.717) is 19.0 Å². The van der Waals surface area contributed by atoms with E-state index >= 15 is 0 Å². The third-order valence-electron chi connectivity index (χ3n) is 4.21. The molecule has 0 unspecified atom stereocenters. The first-order valence-electron chi connectivity index (χ1n) is 6.51. The molecule has 1 aromatic heterocycles. The second-order valence-corrected chi connectivity index (χ2v) is 5.56. The van der Waals surface area contributed by atoms with Crippen molar-refractivity contribution in [3.63, 3.8) is 0 Å². The molecule has 2 heterocycles. The van der Waals surface area contributed by atoms with Gasteiger partial charge in [-0.05, 0) is 30.4 Å². The fourth-order valence-electron chi connectivity index (χ4n) is 2.90. The first kappa shape index (κ1) is 12.2. The fourth-order valence-corrected chi connectivity index (χ4v) is 2.90. The van der Waals surface area contributed by atoms with Crippen LogP contribution in [0.2, 0.25) is 0 Å². The Morgan fingerprint density at radius 1 is 1.63 bits per heavy atom. The van der Waals surface area contributed by atoms with E-state index in [2.05, 4.69) is 10.3 Å². The summed E-state index contributed by atoms with van der Waals surface area (Å²) in [5, 5.41) is 12.1. The Bertz CT molecular complexity index is 507. The molecule has 0 radical (unpaired) electrons. The zero-order valence-corrected chi connectivity index (χ0v) is 10.7. The molecular weight excluding hydrogens is 244 g/mol. The lowest BCUT2D eigenvalue weighted by Crippen LogP contribution is -2.55. The molecule has 1 saturated carbocycles. The monoisotopic (exact) mass is 262 g/mol. The van der Waals surface area contributed by atoms with Gasteiger partial charge in [-0.2, -0.15) is 0 Å². The third kappa shape index (κ3) is 2.23. The molecule has 2 fully saturated rings. The summed E-state index contributed by atoms with van der Waals surface area (Å²) in [4.78, 5) is 17.7. The van der Waals surface area contributed by atoms with Crippen LogP contribution < -0.4 is 11.1 Å². The summed E-state index contributed by atoms with van der Waals surface area (Å²) in [6.45, 7) is 1.75. The van der Waals surface area contributed by atoms with Crippen LogP contribution in [-0.2, 0) is 6.54 Å². The highest BCUT2D eigenvalue weighted by atomic mass is 16.3. The number of pyridine rings is 1. The number of carbonyl (C=O) groups excluding carboxylic acids is 1. The molecule has 0 aromatic carbocycles. The minimum Gasteiger partial charge on any atom is -0.506 e. The fraction of sp³-hybridized carbons (Fsp3) is 0.538. The number of aromatic nitrogens is 1. The van der Waals surface area contributed by atoms with Crippen LogP contribution in [0.25, 0.3) is 0 Å². The average molecular weight is 262 g/mol. The lowest BCUT2D eigenvalue weighted by Gasteiger charge is -2.39. The first-order valence-corrected chi connectivity index (χ1v) is 6.51. The van der Waals surface area contributed by atoms with Crippen LogP contribution in [0.15, 0.2) is 18.5 Å². The first-order chi connectivity index (χ1) is 9.07. The van der Waals surface area contributed by atoms with Crippen molar-refractivity contribution >= 4 is 6.03 Å². The molecule has 1 aliphatic carbocycles. The Morgan fingerprint density at radius 3 is 3.05 bits per heavy atom. The number of amides is 2. The predicted molar refractivity (Wildman–Crippen MR) is 69.4 cm³/mol. The van der Waals surface area contributed by atoms with Gasteiger partial charge in [0, 0.05) is 31.4 Å². The molecule has 3 rings (SSSR count). The Morgan fingerprint density at radius 2 is 2.47 bits per heavy atom. The lowest BCUT2D eigenvalue weighted by atomic mass is 9.70. The maximum atomic E-state index is 12.0. The lowest BCUT2D eigenvalue weighted by molar-refractivity contribution is 0.187. The van der Waals surface area contributed by atoms with E-state index in [-0.39, 0.29) is 17.3 Å². The number of fused-ring (bicyclic) bond motifs is 1. The average Bonchev–Trinajstić information content (AvgIpc) is 2.60. The maximum absolute atomic E-state index is 12.0. The molecule has 19 heavy (non-hydrogen) atoms. The maximum Gasteiger partial charge on any atom is 0.317 e. The van der Waals surface area contributed by atoms with Gasteiger partial charge in [-0.25, -0.2) is 4.79 Å². The zero-order valence-electron chi connectivity index (χ0n) is 10.7. The highest BCUT2D eigenvalue weighted by Crippen LogP contribution is 2.42. The van der Waals surface area contributed by atoms with Crippen LogP contribution in [0.3, 0.4) is 0 Å². The molecule has 2 aliphatic rings. The summed E-state index contributed by atoms with van der Waals surface area (Å²) in [6.07, 6.45) is 5.12. The van der Waals surface area contributed by atoms with Gasteiger partial charge in [-0.3, -0.25) is 4.98 Å². The van der Waals surface area contributed by atoms with Crippen molar-refractivity contribution in [2.45, 2.75) is 24.9 Å². The molecule has 1 aromatic rings. The van der Waals surface area contributed by atoms with Gasteiger partial charge in [0.15, 0.2) is 0 Å². The van der Waals surface area contributed by atoms with Gasteiger partial charge < -0.3 is 21.1 Å². The summed E-state index contributed by atoms with van der Waals surface area (Å²) in [7, 11) is 0. The second kappa shape index (κ2) is 4.38. The minimum absolute atomic E-state index is 0.0948. The summed E-state index contributed by atoms with van der Waals surface area (Å²) in [6, 6.07) is 1.49. The van der Waals surface area contributed by atoms with Crippen LogP contribution in [0, 0.1) is 5.92 Å². The van der Waals surface area contributed by atoms with Crippen molar-refractivity contribution < 1.29 is 9.90 Å². The molecule has 4 N–H and O–H groups in total. The molecular formula is C13H18N4O2. The van der Waals surface area contributed by atoms with Crippen LogP contribution in [0.4, 0.5) is 4.79 Å². The molecule has 2 amide bonds. The normalized spacial score (nSPS) is 28.7. The van der Waals surface area contributed by atoms with Gasteiger partial charge in [-0.15, -0.1) is 0 Å². The number of hydrogen-bond donors (Lipinski definition) is 3. The smallest absolute Gasteiger partial charge is 0.317 e. The van der Waals surface area contributed by atoms with Gasteiger partial charge in [-0.1, -0.05) is 0 Å². The molecule has 0 spiro atoms. The number of hydrogen-bond acceptors (Lipinski definition) is 4. The van der Waals surface area contributed by atoms with Crippen LogP contribution in [-0.4, -0.2) is 39.6 Å². The van der Waals surface area contributed by atoms with E-state index in [1.54, 1.807) is 17.2 Å². The van der Waals surface area contributed by atoms with Crippen molar-refractivity contribution in [2.24, 2.45) is 11.7 Å². The molecule has 102 valence electrons. The topological polar surface area (TPSA) is 91.5 Å². The van der Waals surface area contributed by atoms with Gasteiger partial charge in [0.05, 0.1) is 6.20 Å². The Kier molecular flexibility index (Phi) is 2.82. The van der Waals surface area contributed by atoms with Crippen molar-refractivity contribution in [2.75, 3.05) is 13.1 Å². The largest absolute Gasteiger partial charge is 0.506 e. The minimum atomic E-state index is -0.149. The van der Waals surface area contributed by atoms with Gasteiger partial charge in [0.2, 0.25) is 0 Å². The SMILES string of the molecule is N[C@]12CC[C@H]1CN(C(=O)NCc1cncc(O)c1)C2. The van der Waals surface area contributed by atoms with Crippen LogP contribution in [0.1, 0.15) is 18.4 Å². The molecule has 6 nitrogen and oxygen atoms in total. The predicted octanol–water partition coefficient (Wildman–Crippen LogP) is 0.420. The van der Waals surface area contributed by atoms with Gasteiger partial charge >= 0.3 is 6.03 Å². The van der Waals surface area contributed by atoms with Crippen molar-refractivity contribution in [3.8, 4) is 5.75 Å². The van der Waals surface area contributed by atoms with E-state index < -0.39 is 0 Å². The Hall–Kier alpha value is -1.82. The third-order valence-corrected chi connectivity index (χ3v) is 4.21. The number of likely N-dealkylation sites (tertiary alicyclic amines) is 1. The van der Waals surface area contributed by atoms with Crippen molar-refractivity contribution in [1.82, 2.24) is 15.2 Å². The van der Waals surface area contributed by atoms with Gasteiger partial charge in [0.25, 0.3) is 0 Å². The number of rotatable bonds is 2. The highest BCUT2D eigenvalue weighted by Gasteiger charge is 2.51. The van der Waals surface area contributed by atoms with Crippen LogP contribution >= 0.6 is 0 Å². The van der Waals surface area contributed by atoms with E-state index in [1.165, 1.54) is 6.20 Å². The van der Waals surface area contributed by atoms with Crippen molar-refractivity contribution in [3.05, 3.63) is 24.0 Å². The summed E-state index contributed by atoms with van der Waals surface area (Å²) >= 11 is 0. The number of carbonyl (C=O) groups is 1. The number of nitrogens with one attached hydrogen (secondary N) is 1. The van der Waals surface area contributed by atoms with Crippen LogP contribution in [0.5, 0.6) is 5.75 Å². The van der Waals surface area contributed by atoms with E-state index in [0.717, 1.165) is 24.9 Å². The van der Waals surface area contributed by atoms with E-state index in [4.69, 9.17) is 5.73 Å². The summed E-state index contributed by atoms with van der Waals surface area (Å²) < 4.78 is 0. The Balaban J connectivity index is 1.55. The van der Waals surface area contributed by atoms with Gasteiger partial charge in [0.1, 0.15) is 5.75 Å². The second-order valence-electron chi connectivity index (χ2n) is 5.56. The number of aromatic hydroxyl groups is 1. The Labute approximate surface area is 111 Å². The van der Waals surface area contributed by atoms with E-state index in [1.807, 2.05) is 0 Å². The molecule has 1 saturated heterocycles. The summed E-state index contributed by atoms with van der Waals surface area (Å²) in [5.74, 6) is 0.563. The number of nitrogens with zero attached hydrogens (tertiary/aromatic N) is 2. The molecule has 0 bridgehead atoms. The zero-order chi connectivity index (χ0) is 13.5. The molecule has 2 atom stereocenters. The highest BCUT2D eigenvalue weighted by molar-refractivity contribution is 5.75. The number of urea groups is 1. The number of nitrogens with two attached hydrogens (primary N) is 1. The summed E-state index contributed by atoms with van der Waals surface area (Å²) in [5.41, 5.74) is 6.83. The van der Waals surface area contributed by atoms with E-state index in [9.17, 15) is 9.90 Å². The quantitative estimate of drug-likeness (QED) is 0.720. The molecule has 1 aliphatic heterocycles. The van der Waals surface area contributed by atoms with Crippen molar-refractivity contribution in [1.29, 1.82) is 0 Å². The standard InChI is InChI=1S/C13H18N4O2/c14-13-2-1-10(13)7-17(8-13)12(19)16-5-9-3-11(18)6-15-4-9/h3-4,6,10,18H,1-2,5,7-8,14H2,(H,16,19)/t10-,13-/m0/s1. The molecule has 6 heteroatoms.